The third-order valence-electron chi connectivity index (χ3n) is 5.07. The van der Waals surface area contributed by atoms with Crippen molar-refractivity contribution in [3.63, 3.8) is 0 Å². The minimum absolute atomic E-state index is 0. The highest BCUT2D eigenvalue weighted by atomic mass is 19.1. The molecule has 3 unspecified atom stereocenters. The third kappa shape index (κ3) is 4.63. The van der Waals surface area contributed by atoms with Gasteiger partial charge in [0.1, 0.15) is 0 Å². The molecular weight excluding hydrogens is 345 g/mol. The quantitative estimate of drug-likeness (QED) is 0.798. The first-order chi connectivity index (χ1) is 13.0. The molecule has 2 amide bonds. The highest BCUT2D eigenvalue weighted by Gasteiger charge is 2.44. The third-order valence-corrected chi connectivity index (χ3v) is 5.07. The number of alkyl halides is 1. The van der Waals surface area contributed by atoms with E-state index in [1.165, 1.54) is 12.8 Å². The Morgan fingerprint density at radius 3 is 2.63 bits per heavy atom. The summed E-state index contributed by atoms with van der Waals surface area (Å²) in [5, 5.41) is 10.5. The molecule has 5 nitrogen and oxygen atoms in total. The van der Waals surface area contributed by atoms with Crippen molar-refractivity contribution in [1.29, 1.82) is 0 Å². The Morgan fingerprint density at radius 2 is 2.04 bits per heavy atom. The predicted octanol–water partition coefficient (Wildman–Crippen LogP) is 4.76. The number of amides is 2. The van der Waals surface area contributed by atoms with Crippen LogP contribution in [0.15, 0.2) is 42.6 Å². The van der Waals surface area contributed by atoms with E-state index in [1.54, 1.807) is 6.20 Å². The normalized spacial score (nSPS) is 21.4. The molecule has 6 heteroatoms. The zero-order chi connectivity index (χ0) is 19.4. The van der Waals surface area contributed by atoms with E-state index in [0.29, 0.717) is 12.1 Å². The van der Waals surface area contributed by atoms with Crippen LogP contribution >= 0.6 is 0 Å². The number of hydrogen-bond acceptors (Lipinski definition) is 3. The van der Waals surface area contributed by atoms with E-state index in [0.717, 1.165) is 42.3 Å². The summed E-state index contributed by atoms with van der Waals surface area (Å²) >= 11 is 0. The number of nitrogens with zero attached hydrogens (tertiary/aromatic N) is 2. The smallest absolute Gasteiger partial charge is 0.322 e. The number of halogens is 1. The average Bonchev–Trinajstić information content (AvgIpc) is 2.64. The first-order valence-electron chi connectivity index (χ1n) is 9.39. The summed E-state index contributed by atoms with van der Waals surface area (Å²) in [7, 11) is 0. The minimum Gasteiger partial charge on any atom is -0.364 e. The molecule has 1 aromatic heterocycles. The van der Waals surface area contributed by atoms with Crippen molar-refractivity contribution in [2.75, 3.05) is 5.32 Å². The number of hydrogen-bond donors (Lipinski definition) is 2. The van der Waals surface area contributed by atoms with Gasteiger partial charge in [-0.3, -0.25) is 4.98 Å². The number of piperidine rings is 1. The number of benzene rings is 1. The molecule has 3 atom stereocenters. The molecule has 146 valence electrons. The molecule has 2 fully saturated rings. The lowest BCUT2D eigenvalue weighted by Gasteiger charge is -2.52. The molecular formula is C21H28FN3O2. The number of carbonyl (C=O) groups is 1. The fraction of sp³-hybridized carbons (Fsp3) is 0.429. The Labute approximate surface area is 160 Å². The lowest BCUT2D eigenvalue weighted by Crippen LogP contribution is -2.62. The molecule has 0 radical (unpaired) electrons. The van der Waals surface area contributed by atoms with Gasteiger partial charge >= 0.3 is 6.03 Å². The van der Waals surface area contributed by atoms with Gasteiger partial charge in [0, 0.05) is 31.0 Å². The molecule has 3 heterocycles. The number of aliphatic hydroxyl groups excluding tert-OH is 1. The second-order valence-electron chi connectivity index (χ2n) is 7.13. The van der Waals surface area contributed by atoms with Crippen molar-refractivity contribution in [3.8, 4) is 11.3 Å². The molecule has 4 rings (SSSR count). The number of rotatable bonds is 2. The Kier molecular flexibility index (Phi) is 6.06. The van der Waals surface area contributed by atoms with Crippen LogP contribution in [0.2, 0.25) is 0 Å². The highest BCUT2D eigenvalue weighted by Crippen LogP contribution is 2.38. The van der Waals surface area contributed by atoms with E-state index in [1.807, 2.05) is 41.3 Å². The van der Waals surface area contributed by atoms with Gasteiger partial charge in [-0.25, -0.2) is 9.18 Å². The van der Waals surface area contributed by atoms with Crippen molar-refractivity contribution in [3.05, 3.63) is 48.2 Å². The monoisotopic (exact) mass is 373 g/mol. The fourth-order valence-corrected chi connectivity index (χ4v) is 3.82. The number of carbonyl (C=O) groups excluding carboxylic acids is 1. The van der Waals surface area contributed by atoms with Crippen LogP contribution in [0.25, 0.3) is 11.3 Å². The van der Waals surface area contributed by atoms with Gasteiger partial charge in [0.15, 0.2) is 6.36 Å². The van der Waals surface area contributed by atoms with E-state index in [-0.39, 0.29) is 7.46 Å². The SMILES string of the molecule is CC(O)F.Cc1ccc(NC(=O)N2C3CCCC2C3)cc1-c1ccccn1.[HH]. The van der Waals surface area contributed by atoms with E-state index in [2.05, 4.69) is 17.2 Å². The minimum atomic E-state index is -1.67. The first kappa shape index (κ1) is 19.3. The number of nitrogens with one attached hydrogen (secondary N) is 1. The van der Waals surface area contributed by atoms with Crippen molar-refractivity contribution >= 4 is 11.7 Å². The Morgan fingerprint density at radius 1 is 1.33 bits per heavy atom. The molecule has 2 saturated heterocycles. The van der Waals surface area contributed by atoms with Gasteiger partial charge in [0.25, 0.3) is 0 Å². The second-order valence-corrected chi connectivity index (χ2v) is 7.13. The van der Waals surface area contributed by atoms with E-state index < -0.39 is 6.36 Å². The van der Waals surface area contributed by atoms with Crippen molar-refractivity contribution in [1.82, 2.24) is 9.88 Å². The highest BCUT2D eigenvalue weighted by molar-refractivity contribution is 5.91. The van der Waals surface area contributed by atoms with Gasteiger partial charge in [-0.2, -0.15) is 0 Å². The summed E-state index contributed by atoms with van der Waals surface area (Å²) in [6.45, 7) is 3.12. The molecule has 0 aliphatic carbocycles. The largest absolute Gasteiger partial charge is 0.364 e. The van der Waals surface area contributed by atoms with Gasteiger partial charge in [0.05, 0.1) is 5.69 Å². The number of aliphatic hydroxyl groups is 1. The van der Waals surface area contributed by atoms with E-state index in [4.69, 9.17) is 5.11 Å². The maximum atomic E-state index is 12.5. The van der Waals surface area contributed by atoms with Crippen LogP contribution < -0.4 is 5.32 Å². The summed E-state index contributed by atoms with van der Waals surface area (Å²) < 4.78 is 10.6. The Balaban J connectivity index is 0.000000515. The summed E-state index contributed by atoms with van der Waals surface area (Å²) in [4.78, 5) is 19.0. The molecule has 27 heavy (non-hydrogen) atoms. The molecule has 2 N–H and O–H groups in total. The fourth-order valence-electron chi connectivity index (χ4n) is 3.82. The number of pyridine rings is 1. The standard InChI is InChI=1S/C19H21N3O.C2H5FO.H2/c1-13-8-9-14(11-17(13)18-7-2-3-10-20-18)21-19(23)22-15-5-4-6-16(22)12-15;1-2(3)4;/h2-3,7-11,15-16H,4-6,12H2,1H3,(H,21,23);2,4H,1H3;1H. The molecule has 0 spiro atoms. The van der Waals surface area contributed by atoms with Crippen LogP contribution in [0.5, 0.6) is 0 Å². The van der Waals surface area contributed by atoms with Crippen LogP contribution in [-0.4, -0.2) is 39.5 Å². The molecule has 2 aliphatic heterocycles. The maximum absolute atomic E-state index is 12.5. The maximum Gasteiger partial charge on any atom is 0.322 e. The second kappa shape index (κ2) is 8.48. The lowest BCUT2D eigenvalue weighted by atomic mass is 9.80. The van der Waals surface area contributed by atoms with Gasteiger partial charge in [-0.05, 0) is 69.4 Å². The van der Waals surface area contributed by atoms with Crippen LogP contribution in [0.4, 0.5) is 14.9 Å². The van der Waals surface area contributed by atoms with E-state index >= 15 is 0 Å². The zero-order valence-electron chi connectivity index (χ0n) is 15.7. The molecule has 1 aromatic carbocycles. The van der Waals surface area contributed by atoms with Crippen molar-refractivity contribution in [2.45, 2.75) is 58.0 Å². The van der Waals surface area contributed by atoms with Crippen LogP contribution in [0.1, 0.15) is 39.6 Å². The van der Waals surface area contributed by atoms with Crippen molar-refractivity contribution in [2.24, 2.45) is 0 Å². The summed E-state index contributed by atoms with van der Waals surface area (Å²) in [6.07, 6.45) is 4.86. The van der Waals surface area contributed by atoms with Crippen LogP contribution in [-0.2, 0) is 0 Å². The summed E-state index contributed by atoms with van der Waals surface area (Å²) in [6, 6.07) is 12.9. The molecule has 0 saturated carbocycles. The summed E-state index contributed by atoms with van der Waals surface area (Å²) in [5.74, 6) is 0. The number of anilines is 1. The van der Waals surface area contributed by atoms with Crippen LogP contribution in [0.3, 0.4) is 0 Å². The predicted molar refractivity (Wildman–Crippen MR) is 106 cm³/mol. The Bertz CT molecular complexity index is 772. The number of fused-ring (bicyclic) bond motifs is 2. The topological polar surface area (TPSA) is 65.5 Å². The van der Waals surface area contributed by atoms with Gasteiger partial charge in [0.2, 0.25) is 0 Å². The summed E-state index contributed by atoms with van der Waals surface area (Å²) in [5.41, 5.74) is 3.99. The molecule has 2 aromatic rings. The number of aromatic nitrogens is 1. The molecule has 2 aliphatic rings. The van der Waals surface area contributed by atoms with Gasteiger partial charge in [-0.1, -0.05) is 12.1 Å². The van der Waals surface area contributed by atoms with Gasteiger partial charge < -0.3 is 15.3 Å². The number of aryl methyl sites for hydroxylation is 1. The zero-order valence-corrected chi connectivity index (χ0v) is 15.7. The number of urea groups is 1. The van der Waals surface area contributed by atoms with Crippen molar-refractivity contribution < 1.29 is 15.7 Å². The average molecular weight is 373 g/mol. The lowest BCUT2D eigenvalue weighted by molar-refractivity contribution is 0.0173. The van der Waals surface area contributed by atoms with E-state index in [9.17, 15) is 9.18 Å². The van der Waals surface area contributed by atoms with Gasteiger partial charge in [-0.15, -0.1) is 0 Å². The molecule has 2 bridgehead atoms. The first-order valence-corrected chi connectivity index (χ1v) is 9.39. The Hall–Kier alpha value is -2.47. The van der Waals surface area contributed by atoms with Crippen LogP contribution in [0, 0.1) is 6.92 Å².